The van der Waals surface area contributed by atoms with Gasteiger partial charge in [0.1, 0.15) is 0 Å². The van der Waals surface area contributed by atoms with E-state index in [1.165, 1.54) is 12.1 Å². The van der Waals surface area contributed by atoms with Gasteiger partial charge in [0, 0.05) is 5.69 Å². The lowest BCUT2D eigenvalue weighted by atomic mass is 10.1. The average molecular weight is 407 g/mol. The number of amides is 2. The molecule has 29 heavy (non-hydrogen) atoms. The fourth-order valence-electron chi connectivity index (χ4n) is 2.91. The van der Waals surface area contributed by atoms with Crippen LogP contribution in [0.15, 0.2) is 77.7 Å². The summed E-state index contributed by atoms with van der Waals surface area (Å²) in [5, 5.41) is 10.6. The summed E-state index contributed by atoms with van der Waals surface area (Å²) in [5.41, 5.74) is 3.51. The summed E-state index contributed by atoms with van der Waals surface area (Å²) in [6, 6.07) is 20.3. The Morgan fingerprint density at radius 1 is 0.897 bits per heavy atom. The van der Waals surface area contributed by atoms with Crippen LogP contribution in [0.5, 0.6) is 0 Å². The molecular formula is C20H17N5O3S. The number of hydrogen-bond donors (Lipinski definition) is 4. The van der Waals surface area contributed by atoms with Crippen LogP contribution in [0, 0.1) is 0 Å². The Labute approximate surface area is 166 Å². The number of nitrogens with two attached hydrogens (primary N) is 1. The average Bonchev–Trinajstić information content (AvgIpc) is 3.09. The van der Waals surface area contributed by atoms with Gasteiger partial charge in [-0.2, -0.15) is 0 Å². The quantitative estimate of drug-likeness (QED) is 0.412. The van der Waals surface area contributed by atoms with Crippen molar-refractivity contribution in [2.75, 3.05) is 10.6 Å². The first kappa shape index (κ1) is 18.7. The number of carbonyl (C=O) groups excluding carboxylic acids is 1. The monoisotopic (exact) mass is 407 g/mol. The van der Waals surface area contributed by atoms with E-state index >= 15 is 0 Å². The van der Waals surface area contributed by atoms with E-state index in [1.807, 2.05) is 30.3 Å². The topological polar surface area (TPSA) is 130 Å². The minimum absolute atomic E-state index is 0.0241. The maximum absolute atomic E-state index is 12.3. The molecule has 1 heterocycles. The first-order valence-electron chi connectivity index (χ1n) is 8.64. The molecule has 0 bridgehead atoms. The number of anilines is 2. The second kappa shape index (κ2) is 7.38. The standard InChI is InChI=1S/C20H17N5O3S/c21-29(27,28)16-8-4-6-14(12-16)13-5-3-7-15(11-13)22-20(26)25-19-23-17-9-1-2-10-18(17)24-19/h1-12H,(H2,21,27,28)(H3,22,23,24,25,26). The third-order valence-electron chi connectivity index (χ3n) is 4.24. The number of fused-ring (bicyclic) bond motifs is 1. The molecule has 0 fully saturated rings. The summed E-state index contributed by atoms with van der Waals surface area (Å²) in [7, 11) is -3.80. The van der Waals surface area contributed by atoms with Crippen LogP contribution in [0.2, 0.25) is 0 Å². The molecule has 0 radical (unpaired) electrons. The fraction of sp³-hybridized carbons (Fsp3) is 0. The number of imidazole rings is 1. The van der Waals surface area contributed by atoms with Crippen LogP contribution in [-0.4, -0.2) is 24.4 Å². The highest BCUT2D eigenvalue weighted by Gasteiger charge is 2.10. The predicted octanol–water partition coefficient (Wildman–Crippen LogP) is 3.52. The smallest absolute Gasteiger partial charge is 0.324 e. The molecule has 8 nitrogen and oxygen atoms in total. The maximum Gasteiger partial charge on any atom is 0.326 e. The number of para-hydroxylation sites is 2. The Kier molecular flexibility index (Phi) is 4.75. The molecule has 0 aliphatic carbocycles. The van der Waals surface area contributed by atoms with E-state index in [9.17, 15) is 13.2 Å². The second-order valence-electron chi connectivity index (χ2n) is 6.34. The SMILES string of the molecule is NS(=O)(=O)c1cccc(-c2cccc(NC(=O)Nc3nc4ccccc4[nH]3)c2)c1. The van der Waals surface area contributed by atoms with E-state index in [0.717, 1.165) is 16.6 Å². The van der Waals surface area contributed by atoms with Crippen molar-refractivity contribution in [3.63, 3.8) is 0 Å². The third kappa shape index (κ3) is 4.26. The highest BCUT2D eigenvalue weighted by Crippen LogP contribution is 2.25. The van der Waals surface area contributed by atoms with E-state index in [-0.39, 0.29) is 4.90 Å². The van der Waals surface area contributed by atoms with Crippen LogP contribution in [0.4, 0.5) is 16.4 Å². The van der Waals surface area contributed by atoms with E-state index in [1.54, 1.807) is 30.3 Å². The Balaban J connectivity index is 1.52. The first-order valence-corrected chi connectivity index (χ1v) is 10.2. The van der Waals surface area contributed by atoms with Crippen molar-refractivity contribution in [3.05, 3.63) is 72.8 Å². The van der Waals surface area contributed by atoms with Crippen molar-refractivity contribution in [1.82, 2.24) is 9.97 Å². The Bertz CT molecular complexity index is 1280. The van der Waals surface area contributed by atoms with Gasteiger partial charge in [0.25, 0.3) is 0 Å². The lowest BCUT2D eigenvalue weighted by Crippen LogP contribution is -2.20. The molecule has 0 spiro atoms. The highest BCUT2D eigenvalue weighted by molar-refractivity contribution is 7.89. The Morgan fingerprint density at radius 2 is 1.62 bits per heavy atom. The summed E-state index contributed by atoms with van der Waals surface area (Å²) in [5.74, 6) is 0.334. The molecule has 0 saturated carbocycles. The fourth-order valence-corrected chi connectivity index (χ4v) is 3.47. The molecule has 3 aromatic carbocycles. The zero-order valence-electron chi connectivity index (χ0n) is 15.1. The van der Waals surface area contributed by atoms with Crippen LogP contribution in [0.3, 0.4) is 0 Å². The van der Waals surface area contributed by atoms with Gasteiger partial charge >= 0.3 is 6.03 Å². The van der Waals surface area contributed by atoms with Gasteiger partial charge in [0.15, 0.2) is 0 Å². The molecular weight excluding hydrogens is 390 g/mol. The minimum Gasteiger partial charge on any atom is -0.324 e. The van der Waals surface area contributed by atoms with Crippen molar-refractivity contribution < 1.29 is 13.2 Å². The van der Waals surface area contributed by atoms with Crippen LogP contribution in [0.25, 0.3) is 22.2 Å². The number of sulfonamides is 1. The number of aromatic nitrogens is 2. The van der Waals surface area contributed by atoms with Gasteiger partial charge in [-0.25, -0.2) is 23.3 Å². The van der Waals surface area contributed by atoms with Crippen molar-refractivity contribution in [2.45, 2.75) is 4.90 Å². The first-order chi connectivity index (χ1) is 13.9. The van der Waals surface area contributed by atoms with E-state index in [0.29, 0.717) is 17.2 Å². The number of nitrogens with one attached hydrogen (secondary N) is 3. The van der Waals surface area contributed by atoms with Gasteiger partial charge in [-0.1, -0.05) is 36.4 Å². The number of rotatable bonds is 4. The molecule has 0 atom stereocenters. The molecule has 0 unspecified atom stereocenters. The van der Waals surface area contributed by atoms with Gasteiger partial charge in [-0.15, -0.1) is 0 Å². The number of nitrogens with zero attached hydrogens (tertiary/aromatic N) is 1. The molecule has 1 aromatic heterocycles. The molecule has 0 saturated heterocycles. The van der Waals surface area contributed by atoms with Crippen molar-refractivity contribution in [1.29, 1.82) is 0 Å². The maximum atomic E-state index is 12.3. The predicted molar refractivity (Wildman–Crippen MR) is 112 cm³/mol. The summed E-state index contributed by atoms with van der Waals surface area (Å²) in [4.78, 5) is 19.7. The number of benzene rings is 3. The molecule has 146 valence electrons. The number of urea groups is 1. The zero-order chi connectivity index (χ0) is 20.4. The second-order valence-corrected chi connectivity index (χ2v) is 7.90. The summed E-state index contributed by atoms with van der Waals surface area (Å²) in [6.45, 7) is 0. The van der Waals surface area contributed by atoms with Crippen LogP contribution >= 0.6 is 0 Å². The number of primary sulfonamides is 1. The van der Waals surface area contributed by atoms with Gasteiger partial charge in [0.05, 0.1) is 15.9 Å². The molecule has 0 aliphatic heterocycles. The number of aromatic amines is 1. The van der Waals surface area contributed by atoms with Gasteiger partial charge in [-0.3, -0.25) is 5.32 Å². The normalized spacial score (nSPS) is 11.3. The zero-order valence-corrected chi connectivity index (χ0v) is 15.9. The van der Waals surface area contributed by atoms with Crippen LogP contribution in [0.1, 0.15) is 0 Å². The van der Waals surface area contributed by atoms with E-state index in [4.69, 9.17) is 5.14 Å². The third-order valence-corrected chi connectivity index (χ3v) is 5.15. The molecule has 9 heteroatoms. The van der Waals surface area contributed by atoms with Crippen molar-refractivity contribution in [3.8, 4) is 11.1 Å². The van der Waals surface area contributed by atoms with Gasteiger partial charge in [-0.05, 0) is 47.5 Å². The van der Waals surface area contributed by atoms with Crippen LogP contribution in [-0.2, 0) is 10.0 Å². The number of carbonyl (C=O) groups is 1. The Morgan fingerprint density at radius 3 is 2.38 bits per heavy atom. The molecule has 2 amide bonds. The summed E-state index contributed by atoms with van der Waals surface area (Å²) >= 11 is 0. The molecule has 4 aromatic rings. The molecule has 4 rings (SSSR count). The van der Waals surface area contributed by atoms with Gasteiger partial charge < -0.3 is 10.3 Å². The molecule has 5 N–H and O–H groups in total. The Hall–Kier alpha value is -3.69. The number of hydrogen-bond acceptors (Lipinski definition) is 4. The lowest BCUT2D eigenvalue weighted by molar-refractivity contribution is 0.262. The highest BCUT2D eigenvalue weighted by atomic mass is 32.2. The number of H-pyrrole nitrogens is 1. The largest absolute Gasteiger partial charge is 0.326 e. The molecule has 0 aliphatic rings. The van der Waals surface area contributed by atoms with Crippen molar-refractivity contribution >= 4 is 38.7 Å². The van der Waals surface area contributed by atoms with Crippen molar-refractivity contribution in [2.24, 2.45) is 5.14 Å². The van der Waals surface area contributed by atoms with E-state index < -0.39 is 16.1 Å². The minimum atomic E-state index is -3.80. The lowest BCUT2D eigenvalue weighted by Gasteiger charge is -2.09. The van der Waals surface area contributed by atoms with Crippen LogP contribution < -0.4 is 15.8 Å². The summed E-state index contributed by atoms with van der Waals surface area (Å²) in [6.07, 6.45) is 0. The van der Waals surface area contributed by atoms with Gasteiger partial charge in [0.2, 0.25) is 16.0 Å². The van der Waals surface area contributed by atoms with E-state index in [2.05, 4.69) is 20.6 Å². The summed E-state index contributed by atoms with van der Waals surface area (Å²) < 4.78 is 23.1.